The number of halogens is 1. The number of thioether (sulfide) groups is 1. The van der Waals surface area contributed by atoms with Crippen molar-refractivity contribution in [3.63, 3.8) is 0 Å². The molecule has 0 saturated heterocycles. The van der Waals surface area contributed by atoms with E-state index in [-0.39, 0.29) is 30.1 Å². The fourth-order valence-corrected chi connectivity index (χ4v) is 4.71. The third kappa shape index (κ3) is 6.43. The van der Waals surface area contributed by atoms with Gasteiger partial charge in [-0.25, -0.2) is 0 Å². The van der Waals surface area contributed by atoms with Crippen molar-refractivity contribution in [2.45, 2.75) is 69.3 Å². The second-order valence-corrected chi connectivity index (χ2v) is 7.87. The van der Waals surface area contributed by atoms with Crippen LogP contribution in [0.1, 0.15) is 51.9 Å². The van der Waals surface area contributed by atoms with E-state index in [9.17, 15) is 5.11 Å². The maximum absolute atomic E-state index is 9.89. The first-order chi connectivity index (χ1) is 10.2. The van der Waals surface area contributed by atoms with Gasteiger partial charge >= 0.3 is 0 Å². The van der Waals surface area contributed by atoms with Crippen molar-refractivity contribution in [2.75, 3.05) is 19.3 Å². The minimum absolute atomic E-state index is 0. The second-order valence-electron chi connectivity index (χ2n) is 6.30. The molecule has 0 heterocycles. The molecular formula is C16H32IN3OS. The smallest absolute Gasteiger partial charge is 0.191 e. The summed E-state index contributed by atoms with van der Waals surface area (Å²) in [5.74, 6) is 2.50. The first-order valence-corrected chi connectivity index (χ1v) is 9.54. The summed E-state index contributed by atoms with van der Waals surface area (Å²) in [6, 6.07) is 0.544. The molecule has 0 bridgehead atoms. The summed E-state index contributed by atoms with van der Waals surface area (Å²) in [4.78, 5) is 4.35. The zero-order valence-electron chi connectivity index (χ0n) is 13.9. The summed E-state index contributed by atoms with van der Waals surface area (Å²) in [5, 5.41) is 17.7. The van der Waals surface area contributed by atoms with Crippen molar-refractivity contribution < 1.29 is 5.11 Å². The summed E-state index contributed by atoms with van der Waals surface area (Å²) in [5.41, 5.74) is 0. The van der Waals surface area contributed by atoms with E-state index in [0.29, 0.717) is 12.0 Å². The Morgan fingerprint density at radius 3 is 2.64 bits per heavy atom. The number of nitrogens with zero attached hydrogens (tertiary/aromatic N) is 1. The summed E-state index contributed by atoms with van der Waals surface area (Å²) >= 11 is 2.09. The van der Waals surface area contributed by atoms with Crippen LogP contribution in [0.25, 0.3) is 0 Å². The number of guanidine groups is 1. The average molecular weight is 441 g/mol. The van der Waals surface area contributed by atoms with E-state index in [1.807, 2.05) is 7.05 Å². The molecule has 4 atom stereocenters. The largest absolute Gasteiger partial charge is 0.393 e. The summed E-state index contributed by atoms with van der Waals surface area (Å²) < 4.78 is 0. The van der Waals surface area contributed by atoms with Crippen LogP contribution < -0.4 is 10.6 Å². The van der Waals surface area contributed by atoms with Gasteiger partial charge in [0.15, 0.2) is 5.96 Å². The number of hydrogen-bond donors (Lipinski definition) is 3. The van der Waals surface area contributed by atoms with Crippen molar-refractivity contribution in [3.05, 3.63) is 0 Å². The van der Waals surface area contributed by atoms with E-state index in [1.54, 1.807) is 0 Å². The molecule has 0 aliphatic heterocycles. The second kappa shape index (κ2) is 11.0. The highest BCUT2D eigenvalue weighted by atomic mass is 127. The Hall–Kier alpha value is 0.310. The number of aliphatic hydroxyl groups is 1. The van der Waals surface area contributed by atoms with Gasteiger partial charge in [-0.05, 0) is 37.9 Å². The molecule has 6 heteroatoms. The highest BCUT2D eigenvalue weighted by Crippen LogP contribution is 2.28. The van der Waals surface area contributed by atoms with Gasteiger partial charge < -0.3 is 15.7 Å². The number of rotatable bonds is 5. The Labute approximate surface area is 156 Å². The highest BCUT2D eigenvalue weighted by Gasteiger charge is 2.26. The molecule has 2 fully saturated rings. The lowest BCUT2D eigenvalue weighted by Gasteiger charge is -2.30. The molecule has 0 aromatic rings. The van der Waals surface area contributed by atoms with Crippen LogP contribution in [0.4, 0.5) is 0 Å². The minimum Gasteiger partial charge on any atom is -0.393 e. The van der Waals surface area contributed by atoms with E-state index >= 15 is 0 Å². The van der Waals surface area contributed by atoms with Crippen LogP contribution in [-0.4, -0.2) is 47.8 Å². The Bertz CT molecular complexity index is 341. The third-order valence-corrected chi connectivity index (χ3v) is 5.98. The number of aliphatic imine (C=N–C) groups is 1. The maximum Gasteiger partial charge on any atom is 0.191 e. The molecule has 0 amide bonds. The standard InChI is InChI=1S/C16H31N3OS.HI/c1-3-21-14-8-5-7-13(10-14)19-16(17-2)18-11-12-6-4-9-15(12)20;/h12-15,20H,3-11H2,1-2H3,(H2,17,18,19);1H. The van der Waals surface area contributed by atoms with E-state index in [1.165, 1.54) is 31.4 Å². The highest BCUT2D eigenvalue weighted by molar-refractivity contribution is 14.0. The predicted molar refractivity (Wildman–Crippen MR) is 107 cm³/mol. The van der Waals surface area contributed by atoms with Gasteiger partial charge in [0.1, 0.15) is 0 Å². The van der Waals surface area contributed by atoms with Crippen LogP contribution in [-0.2, 0) is 0 Å². The third-order valence-electron chi connectivity index (χ3n) is 4.74. The van der Waals surface area contributed by atoms with Crippen LogP contribution in [0.5, 0.6) is 0 Å². The summed E-state index contributed by atoms with van der Waals surface area (Å²) in [7, 11) is 1.83. The Kier molecular flexibility index (Phi) is 10.1. The molecule has 130 valence electrons. The minimum atomic E-state index is -0.129. The fraction of sp³-hybridized carbons (Fsp3) is 0.938. The van der Waals surface area contributed by atoms with E-state index < -0.39 is 0 Å². The molecular weight excluding hydrogens is 409 g/mol. The summed E-state index contributed by atoms with van der Waals surface area (Å²) in [6.45, 7) is 3.08. The average Bonchev–Trinajstić information content (AvgIpc) is 2.89. The molecule has 0 aromatic carbocycles. The number of hydrogen-bond acceptors (Lipinski definition) is 3. The molecule has 2 saturated carbocycles. The van der Waals surface area contributed by atoms with Crippen LogP contribution in [0, 0.1) is 5.92 Å². The van der Waals surface area contributed by atoms with Gasteiger partial charge in [0.2, 0.25) is 0 Å². The van der Waals surface area contributed by atoms with E-state index in [2.05, 4.69) is 34.3 Å². The van der Waals surface area contributed by atoms with E-state index in [0.717, 1.165) is 37.0 Å². The van der Waals surface area contributed by atoms with Gasteiger partial charge in [-0.2, -0.15) is 11.8 Å². The lowest BCUT2D eigenvalue weighted by Crippen LogP contribution is -2.47. The number of nitrogens with one attached hydrogen (secondary N) is 2. The van der Waals surface area contributed by atoms with Gasteiger partial charge in [0.05, 0.1) is 6.10 Å². The molecule has 0 radical (unpaired) electrons. The van der Waals surface area contributed by atoms with E-state index in [4.69, 9.17) is 0 Å². The van der Waals surface area contributed by atoms with Crippen molar-refractivity contribution in [2.24, 2.45) is 10.9 Å². The molecule has 4 unspecified atom stereocenters. The molecule has 3 N–H and O–H groups in total. The van der Waals surface area contributed by atoms with Crippen molar-refractivity contribution in [1.82, 2.24) is 10.6 Å². The molecule has 0 spiro atoms. The lowest BCUT2D eigenvalue weighted by atomic mass is 9.95. The molecule has 22 heavy (non-hydrogen) atoms. The first-order valence-electron chi connectivity index (χ1n) is 8.49. The fourth-order valence-electron chi connectivity index (χ4n) is 3.53. The summed E-state index contributed by atoms with van der Waals surface area (Å²) in [6.07, 6.45) is 8.26. The molecule has 4 nitrogen and oxygen atoms in total. The van der Waals surface area contributed by atoms with Crippen molar-refractivity contribution in [1.29, 1.82) is 0 Å². The molecule has 2 rings (SSSR count). The zero-order valence-corrected chi connectivity index (χ0v) is 17.0. The zero-order chi connectivity index (χ0) is 15.1. The monoisotopic (exact) mass is 441 g/mol. The normalized spacial score (nSPS) is 32.4. The molecule has 0 aromatic heterocycles. The van der Waals surface area contributed by atoms with Gasteiger partial charge in [-0.15, -0.1) is 24.0 Å². The van der Waals surface area contributed by atoms with Gasteiger partial charge in [0, 0.05) is 30.8 Å². The lowest BCUT2D eigenvalue weighted by molar-refractivity contribution is 0.134. The predicted octanol–water partition coefficient (Wildman–Crippen LogP) is 2.99. The molecule has 2 aliphatic carbocycles. The maximum atomic E-state index is 9.89. The Balaban J connectivity index is 0.00000242. The first kappa shape index (κ1) is 20.4. The van der Waals surface area contributed by atoms with Crippen molar-refractivity contribution in [3.8, 4) is 0 Å². The molecule has 2 aliphatic rings. The van der Waals surface area contributed by atoms with Gasteiger partial charge in [-0.1, -0.05) is 19.8 Å². The van der Waals surface area contributed by atoms with Crippen LogP contribution in [0.2, 0.25) is 0 Å². The van der Waals surface area contributed by atoms with Gasteiger partial charge in [-0.3, -0.25) is 4.99 Å². The SMILES string of the molecule is CCSC1CCCC(NC(=NC)NCC2CCCC2O)C1.I. The van der Waals surface area contributed by atoms with Gasteiger partial charge in [0.25, 0.3) is 0 Å². The topological polar surface area (TPSA) is 56.7 Å². The van der Waals surface area contributed by atoms with Crippen LogP contribution in [0.15, 0.2) is 4.99 Å². The number of aliphatic hydroxyl groups excluding tert-OH is 1. The van der Waals surface area contributed by atoms with Crippen LogP contribution >= 0.6 is 35.7 Å². The Morgan fingerprint density at radius 1 is 1.23 bits per heavy atom. The Morgan fingerprint density at radius 2 is 2.00 bits per heavy atom. The van der Waals surface area contributed by atoms with Crippen molar-refractivity contribution >= 4 is 41.7 Å². The van der Waals surface area contributed by atoms with Crippen LogP contribution in [0.3, 0.4) is 0 Å². The quantitative estimate of drug-likeness (QED) is 0.349.